The first-order valence-electron chi connectivity index (χ1n) is 7.42. The molecule has 0 amide bonds. The summed E-state index contributed by atoms with van der Waals surface area (Å²) in [6.07, 6.45) is 1.94. The quantitative estimate of drug-likeness (QED) is 0.850. The fraction of sp³-hybridized carbons (Fsp3) is 1.00. The third kappa shape index (κ3) is 3.50. The Morgan fingerprint density at radius 2 is 2.11 bits per heavy atom. The molecule has 0 aromatic rings. The van der Waals surface area contributed by atoms with Crippen molar-refractivity contribution >= 4 is 9.84 Å². The molecule has 3 unspecified atom stereocenters. The van der Waals surface area contributed by atoms with E-state index < -0.39 is 9.84 Å². The molecule has 1 N–H and O–H groups in total. The van der Waals surface area contributed by atoms with Crippen LogP contribution in [0.3, 0.4) is 0 Å². The molecular weight excluding hydrogens is 260 g/mol. The highest BCUT2D eigenvalue weighted by Crippen LogP contribution is 2.32. The summed E-state index contributed by atoms with van der Waals surface area (Å²) in [6, 6.07) is 0.915. The summed E-state index contributed by atoms with van der Waals surface area (Å²) >= 11 is 0. The van der Waals surface area contributed by atoms with Crippen LogP contribution in [0.25, 0.3) is 0 Å². The van der Waals surface area contributed by atoms with Crippen molar-refractivity contribution in [3.05, 3.63) is 0 Å². The summed E-state index contributed by atoms with van der Waals surface area (Å²) in [5.74, 6) is 1.36. The zero-order valence-electron chi connectivity index (χ0n) is 12.6. The minimum atomic E-state index is -2.83. The summed E-state index contributed by atoms with van der Waals surface area (Å²) in [5.41, 5.74) is -0.157. The third-order valence-corrected chi connectivity index (χ3v) is 6.47. The van der Waals surface area contributed by atoms with Crippen LogP contribution in [0.5, 0.6) is 0 Å². The maximum Gasteiger partial charge on any atom is 0.152 e. The Morgan fingerprint density at radius 3 is 2.63 bits per heavy atom. The topological polar surface area (TPSA) is 49.4 Å². The Morgan fingerprint density at radius 1 is 1.42 bits per heavy atom. The van der Waals surface area contributed by atoms with Crippen LogP contribution in [0, 0.1) is 5.92 Å². The smallest absolute Gasteiger partial charge is 0.152 e. The van der Waals surface area contributed by atoms with E-state index in [4.69, 9.17) is 0 Å². The van der Waals surface area contributed by atoms with Crippen LogP contribution in [0.2, 0.25) is 0 Å². The summed E-state index contributed by atoms with van der Waals surface area (Å²) in [5, 5.41) is 3.60. The van der Waals surface area contributed by atoms with Gasteiger partial charge < -0.3 is 5.32 Å². The maximum absolute atomic E-state index is 11.8. The standard InChI is InChI=1S/C14H28N2O2S/c1-11(2)7-13-9-16(12(3)8-15-13)14(4)5-6-19(17,18)10-14/h11-13,15H,5-10H2,1-4H3. The van der Waals surface area contributed by atoms with Gasteiger partial charge in [-0.05, 0) is 32.6 Å². The molecule has 0 spiro atoms. The zero-order chi connectivity index (χ0) is 14.3. The van der Waals surface area contributed by atoms with E-state index in [0.29, 0.717) is 29.5 Å². The minimum absolute atomic E-state index is 0.157. The molecule has 19 heavy (non-hydrogen) atoms. The van der Waals surface area contributed by atoms with E-state index in [9.17, 15) is 8.42 Å². The van der Waals surface area contributed by atoms with Gasteiger partial charge >= 0.3 is 0 Å². The molecule has 3 atom stereocenters. The predicted octanol–water partition coefficient (Wildman–Crippen LogP) is 1.27. The van der Waals surface area contributed by atoms with E-state index in [2.05, 4.69) is 37.9 Å². The summed E-state index contributed by atoms with van der Waals surface area (Å²) < 4.78 is 23.6. The van der Waals surface area contributed by atoms with Crippen molar-refractivity contribution in [1.82, 2.24) is 10.2 Å². The molecule has 0 aromatic heterocycles. The fourth-order valence-electron chi connectivity index (χ4n) is 3.63. The number of hydrogen-bond acceptors (Lipinski definition) is 4. The van der Waals surface area contributed by atoms with Crippen LogP contribution >= 0.6 is 0 Å². The monoisotopic (exact) mass is 288 g/mol. The number of piperazine rings is 1. The average molecular weight is 288 g/mol. The lowest BCUT2D eigenvalue weighted by Gasteiger charge is -2.47. The second-order valence-electron chi connectivity index (χ2n) is 7.08. The number of hydrogen-bond donors (Lipinski definition) is 1. The highest BCUT2D eigenvalue weighted by molar-refractivity contribution is 7.91. The first-order valence-corrected chi connectivity index (χ1v) is 9.24. The van der Waals surface area contributed by atoms with Crippen molar-refractivity contribution in [2.24, 2.45) is 5.92 Å². The summed E-state index contributed by atoms with van der Waals surface area (Å²) in [4.78, 5) is 2.45. The number of sulfone groups is 1. The van der Waals surface area contributed by atoms with Crippen molar-refractivity contribution in [2.75, 3.05) is 24.6 Å². The van der Waals surface area contributed by atoms with E-state index in [1.165, 1.54) is 0 Å². The highest BCUT2D eigenvalue weighted by Gasteiger charge is 2.46. The molecule has 2 rings (SSSR count). The van der Waals surface area contributed by atoms with E-state index in [-0.39, 0.29) is 5.54 Å². The van der Waals surface area contributed by atoms with E-state index >= 15 is 0 Å². The van der Waals surface area contributed by atoms with Gasteiger partial charge in [0.05, 0.1) is 11.5 Å². The highest BCUT2D eigenvalue weighted by atomic mass is 32.2. The molecule has 112 valence electrons. The fourth-order valence-corrected chi connectivity index (χ4v) is 5.78. The molecule has 5 heteroatoms. The Kier molecular flexibility index (Phi) is 4.29. The lowest BCUT2D eigenvalue weighted by atomic mass is 9.92. The van der Waals surface area contributed by atoms with Gasteiger partial charge in [0.2, 0.25) is 0 Å². The van der Waals surface area contributed by atoms with Gasteiger partial charge in [-0.1, -0.05) is 13.8 Å². The molecule has 0 aromatic carbocycles. The lowest BCUT2D eigenvalue weighted by molar-refractivity contribution is 0.0387. The number of nitrogens with one attached hydrogen (secondary N) is 1. The van der Waals surface area contributed by atoms with Gasteiger partial charge in [-0.25, -0.2) is 8.42 Å². The Bertz CT molecular complexity index is 421. The molecule has 2 aliphatic rings. The van der Waals surface area contributed by atoms with Crippen LogP contribution in [0.15, 0.2) is 0 Å². The first kappa shape index (κ1) is 15.3. The number of nitrogens with zero attached hydrogens (tertiary/aromatic N) is 1. The van der Waals surface area contributed by atoms with Crippen molar-refractivity contribution in [2.45, 2.75) is 58.2 Å². The molecule has 2 heterocycles. The molecule has 0 radical (unpaired) electrons. The van der Waals surface area contributed by atoms with Gasteiger partial charge in [-0.3, -0.25) is 4.90 Å². The third-order valence-electron chi connectivity index (χ3n) is 4.58. The van der Waals surface area contributed by atoms with Gasteiger partial charge in [-0.15, -0.1) is 0 Å². The van der Waals surface area contributed by atoms with Gasteiger partial charge in [0.15, 0.2) is 9.84 Å². The molecule has 4 nitrogen and oxygen atoms in total. The predicted molar refractivity (Wildman–Crippen MR) is 79.1 cm³/mol. The summed E-state index contributed by atoms with van der Waals surface area (Å²) in [6.45, 7) is 10.8. The van der Waals surface area contributed by atoms with Crippen molar-refractivity contribution < 1.29 is 8.42 Å². The maximum atomic E-state index is 11.8. The molecule has 0 aliphatic carbocycles. The lowest BCUT2D eigenvalue weighted by Crippen LogP contribution is -2.63. The van der Waals surface area contributed by atoms with Crippen LogP contribution in [-0.2, 0) is 9.84 Å². The second kappa shape index (κ2) is 5.34. The van der Waals surface area contributed by atoms with Gasteiger partial charge in [0, 0.05) is 30.7 Å². The van der Waals surface area contributed by atoms with Crippen LogP contribution < -0.4 is 5.32 Å². The minimum Gasteiger partial charge on any atom is -0.311 e. The van der Waals surface area contributed by atoms with Gasteiger partial charge in [0.25, 0.3) is 0 Å². The van der Waals surface area contributed by atoms with Crippen LogP contribution in [0.4, 0.5) is 0 Å². The van der Waals surface area contributed by atoms with E-state index in [0.717, 1.165) is 25.9 Å². The SMILES string of the molecule is CC(C)CC1CN(C2(C)CCS(=O)(=O)C2)C(C)CN1. The second-order valence-corrected chi connectivity index (χ2v) is 9.26. The molecule has 0 bridgehead atoms. The van der Waals surface area contributed by atoms with Crippen LogP contribution in [0.1, 0.15) is 40.5 Å². The zero-order valence-corrected chi connectivity index (χ0v) is 13.5. The molecule has 2 saturated heterocycles. The molecule has 2 aliphatic heterocycles. The van der Waals surface area contributed by atoms with Crippen LogP contribution in [-0.4, -0.2) is 55.5 Å². The Balaban J connectivity index is 2.09. The average Bonchev–Trinajstić information content (AvgIpc) is 2.56. The molecule has 2 fully saturated rings. The normalized spacial score (nSPS) is 39.8. The van der Waals surface area contributed by atoms with E-state index in [1.807, 2.05) is 0 Å². The number of rotatable bonds is 3. The summed E-state index contributed by atoms with van der Waals surface area (Å²) in [7, 11) is -2.83. The van der Waals surface area contributed by atoms with Crippen molar-refractivity contribution in [3.63, 3.8) is 0 Å². The molecular formula is C14H28N2O2S. The van der Waals surface area contributed by atoms with E-state index in [1.54, 1.807) is 0 Å². The molecule has 0 saturated carbocycles. The Hall–Kier alpha value is -0.130. The van der Waals surface area contributed by atoms with Crippen molar-refractivity contribution in [1.29, 1.82) is 0 Å². The van der Waals surface area contributed by atoms with Gasteiger partial charge in [-0.2, -0.15) is 0 Å². The van der Waals surface area contributed by atoms with Crippen molar-refractivity contribution in [3.8, 4) is 0 Å². The van der Waals surface area contributed by atoms with Gasteiger partial charge in [0.1, 0.15) is 0 Å². The first-order chi connectivity index (χ1) is 8.72. The Labute approximate surface area is 117 Å². The largest absolute Gasteiger partial charge is 0.311 e.